The second-order valence-corrected chi connectivity index (χ2v) is 4.71. The van der Waals surface area contributed by atoms with Crippen molar-refractivity contribution in [2.24, 2.45) is 11.8 Å². The monoisotopic (exact) mass is 249 g/mol. The van der Waals surface area contributed by atoms with E-state index in [-0.39, 0.29) is 11.8 Å². The molecule has 0 fully saturated rings. The molecule has 0 aromatic rings. The molecule has 0 radical (unpaired) electrons. The highest BCUT2D eigenvalue weighted by Gasteiger charge is 2.25. The van der Waals surface area contributed by atoms with Gasteiger partial charge in [0.2, 0.25) is 5.91 Å². The summed E-state index contributed by atoms with van der Waals surface area (Å²) in [6.45, 7) is 6.33. The molecule has 0 saturated heterocycles. The lowest BCUT2D eigenvalue weighted by atomic mass is 9.83. The Morgan fingerprint density at radius 1 is 1.39 bits per heavy atom. The van der Waals surface area contributed by atoms with Crippen molar-refractivity contribution in [3.05, 3.63) is 12.2 Å². The average molecular weight is 249 g/mol. The van der Waals surface area contributed by atoms with E-state index in [9.17, 15) is 4.79 Å². The van der Waals surface area contributed by atoms with E-state index < -0.39 is 0 Å². The standard InChI is InChI=1S/C16H27NO/c1-5-9-11-13-15(16(18)17-8-4)14(7-3)12-10-6-2/h4,6,10,14-15H,5,7,9,11-13H2,1-3H3,(H,17,18)/b10-6-. The highest BCUT2D eigenvalue weighted by Crippen LogP contribution is 2.26. The number of unbranched alkanes of at least 4 members (excludes halogenated alkanes) is 2. The van der Waals surface area contributed by atoms with Gasteiger partial charge in [0.1, 0.15) is 0 Å². The molecule has 0 spiro atoms. The van der Waals surface area contributed by atoms with Crippen LogP contribution in [0.5, 0.6) is 0 Å². The van der Waals surface area contributed by atoms with E-state index >= 15 is 0 Å². The number of hydrogen-bond acceptors (Lipinski definition) is 1. The van der Waals surface area contributed by atoms with Gasteiger partial charge in [-0.05, 0) is 25.7 Å². The molecule has 0 heterocycles. The molecule has 102 valence electrons. The van der Waals surface area contributed by atoms with Crippen molar-refractivity contribution in [3.63, 3.8) is 0 Å². The molecule has 0 saturated carbocycles. The molecule has 0 aliphatic rings. The smallest absolute Gasteiger partial charge is 0.234 e. The van der Waals surface area contributed by atoms with Crippen LogP contribution in [0.4, 0.5) is 0 Å². The fourth-order valence-electron chi connectivity index (χ4n) is 2.29. The van der Waals surface area contributed by atoms with Crippen molar-refractivity contribution in [1.82, 2.24) is 5.32 Å². The fourth-order valence-corrected chi connectivity index (χ4v) is 2.29. The number of hydrogen-bond donors (Lipinski definition) is 1. The quantitative estimate of drug-likeness (QED) is 0.286. The van der Waals surface area contributed by atoms with Crippen LogP contribution in [0, 0.1) is 24.3 Å². The second-order valence-electron chi connectivity index (χ2n) is 4.71. The van der Waals surface area contributed by atoms with E-state index in [1.54, 1.807) is 0 Å². The lowest BCUT2D eigenvalue weighted by Crippen LogP contribution is -2.32. The highest BCUT2D eigenvalue weighted by atomic mass is 16.1. The van der Waals surface area contributed by atoms with E-state index in [0.29, 0.717) is 5.92 Å². The largest absolute Gasteiger partial charge is 0.285 e. The van der Waals surface area contributed by atoms with E-state index in [0.717, 1.165) is 25.7 Å². The summed E-state index contributed by atoms with van der Waals surface area (Å²) in [5.74, 6) is 0.463. The second kappa shape index (κ2) is 10.9. The lowest BCUT2D eigenvalue weighted by Gasteiger charge is -2.23. The van der Waals surface area contributed by atoms with Gasteiger partial charge in [-0.15, -0.1) is 0 Å². The first-order valence-electron chi connectivity index (χ1n) is 7.07. The van der Waals surface area contributed by atoms with Crippen molar-refractivity contribution in [3.8, 4) is 12.5 Å². The van der Waals surface area contributed by atoms with Gasteiger partial charge < -0.3 is 0 Å². The molecule has 0 aliphatic carbocycles. The number of carbonyl (C=O) groups is 1. The Hall–Kier alpha value is -1.23. The van der Waals surface area contributed by atoms with Gasteiger partial charge in [-0.2, -0.15) is 0 Å². The predicted molar refractivity (Wildman–Crippen MR) is 77.8 cm³/mol. The van der Waals surface area contributed by atoms with Gasteiger partial charge in [0.15, 0.2) is 0 Å². The number of amides is 1. The van der Waals surface area contributed by atoms with Crippen molar-refractivity contribution in [2.75, 3.05) is 0 Å². The van der Waals surface area contributed by atoms with Crippen LogP contribution in [0.2, 0.25) is 0 Å². The number of carbonyl (C=O) groups excluding carboxylic acids is 1. The first-order valence-corrected chi connectivity index (χ1v) is 7.07. The average Bonchev–Trinajstić information content (AvgIpc) is 2.37. The zero-order valence-corrected chi connectivity index (χ0v) is 12.0. The maximum absolute atomic E-state index is 12.0. The number of rotatable bonds is 9. The van der Waals surface area contributed by atoms with E-state index in [1.165, 1.54) is 12.8 Å². The Labute approximate surface area is 112 Å². The van der Waals surface area contributed by atoms with Crippen molar-refractivity contribution < 1.29 is 4.79 Å². The topological polar surface area (TPSA) is 29.1 Å². The molecular weight excluding hydrogens is 222 g/mol. The van der Waals surface area contributed by atoms with Gasteiger partial charge >= 0.3 is 0 Å². The molecule has 0 aromatic carbocycles. The first-order chi connectivity index (χ1) is 8.71. The number of terminal acetylenes is 1. The summed E-state index contributed by atoms with van der Waals surface area (Å²) in [4.78, 5) is 12.0. The molecule has 2 nitrogen and oxygen atoms in total. The molecule has 2 unspecified atom stereocenters. The minimum Gasteiger partial charge on any atom is -0.285 e. The summed E-state index contributed by atoms with van der Waals surface area (Å²) in [6.07, 6.45) is 15.7. The van der Waals surface area contributed by atoms with Crippen LogP contribution in [0.1, 0.15) is 59.3 Å². The van der Waals surface area contributed by atoms with Crippen LogP contribution in [-0.2, 0) is 4.79 Å². The van der Waals surface area contributed by atoms with Crippen LogP contribution >= 0.6 is 0 Å². The molecular formula is C16H27NO. The zero-order valence-electron chi connectivity index (χ0n) is 12.0. The van der Waals surface area contributed by atoms with Crippen LogP contribution in [0.3, 0.4) is 0 Å². The molecule has 1 N–H and O–H groups in total. The third kappa shape index (κ3) is 6.49. The maximum atomic E-state index is 12.0. The Bertz CT molecular complexity index is 288. The molecule has 0 bridgehead atoms. The SMILES string of the molecule is C#CNC(=O)C(CCCCC)C(CC)C/C=C\C. The van der Waals surface area contributed by atoms with Crippen LogP contribution in [0.15, 0.2) is 12.2 Å². The van der Waals surface area contributed by atoms with Crippen molar-refractivity contribution in [1.29, 1.82) is 0 Å². The van der Waals surface area contributed by atoms with Crippen LogP contribution in [-0.4, -0.2) is 5.91 Å². The summed E-state index contributed by atoms with van der Waals surface area (Å²) in [5.41, 5.74) is 0. The molecule has 1 amide bonds. The van der Waals surface area contributed by atoms with E-state index in [4.69, 9.17) is 6.42 Å². The third-order valence-electron chi connectivity index (χ3n) is 3.42. The fraction of sp³-hybridized carbons (Fsp3) is 0.688. The summed E-state index contributed by atoms with van der Waals surface area (Å²) in [5, 5.41) is 2.53. The summed E-state index contributed by atoms with van der Waals surface area (Å²) < 4.78 is 0. The van der Waals surface area contributed by atoms with Gasteiger partial charge in [0.05, 0.1) is 0 Å². The van der Waals surface area contributed by atoms with Crippen LogP contribution in [0.25, 0.3) is 0 Å². The summed E-state index contributed by atoms with van der Waals surface area (Å²) in [6, 6.07) is 2.26. The Balaban J connectivity index is 4.58. The van der Waals surface area contributed by atoms with Crippen molar-refractivity contribution in [2.45, 2.75) is 59.3 Å². The van der Waals surface area contributed by atoms with E-state index in [1.807, 2.05) is 13.0 Å². The zero-order chi connectivity index (χ0) is 13.8. The third-order valence-corrected chi connectivity index (χ3v) is 3.42. The first kappa shape index (κ1) is 16.8. The molecule has 0 aromatic heterocycles. The Kier molecular flexibility index (Phi) is 10.2. The molecule has 0 rings (SSSR count). The Morgan fingerprint density at radius 3 is 2.61 bits per heavy atom. The molecule has 0 aliphatic heterocycles. The lowest BCUT2D eigenvalue weighted by molar-refractivity contribution is -0.125. The minimum absolute atomic E-state index is 0.0185. The molecule has 18 heavy (non-hydrogen) atoms. The van der Waals surface area contributed by atoms with Gasteiger partial charge in [-0.3, -0.25) is 10.1 Å². The molecule has 2 atom stereocenters. The maximum Gasteiger partial charge on any atom is 0.234 e. The van der Waals surface area contributed by atoms with Gasteiger partial charge in [0, 0.05) is 12.0 Å². The minimum atomic E-state index is 0.0185. The van der Waals surface area contributed by atoms with Gasteiger partial charge in [-0.1, -0.05) is 58.1 Å². The summed E-state index contributed by atoms with van der Waals surface area (Å²) >= 11 is 0. The van der Waals surface area contributed by atoms with Crippen molar-refractivity contribution >= 4 is 5.91 Å². The highest BCUT2D eigenvalue weighted by molar-refractivity contribution is 5.80. The van der Waals surface area contributed by atoms with Gasteiger partial charge in [0.25, 0.3) is 0 Å². The predicted octanol–water partition coefficient (Wildman–Crippen LogP) is 3.88. The van der Waals surface area contributed by atoms with E-state index in [2.05, 4.69) is 31.3 Å². The van der Waals surface area contributed by atoms with Crippen LogP contribution < -0.4 is 5.32 Å². The Morgan fingerprint density at radius 2 is 2.11 bits per heavy atom. The number of allylic oxidation sites excluding steroid dienone is 2. The number of nitrogens with one attached hydrogen (secondary N) is 1. The summed E-state index contributed by atoms with van der Waals surface area (Å²) in [7, 11) is 0. The normalized spacial score (nSPS) is 14.1. The van der Waals surface area contributed by atoms with Gasteiger partial charge in [-0.25, -0.2) is 0 Å². The molecule has 2 heteroatoms.